The van der Waals surface area contributed by atoms with Crippen molar-refractivity contribution in [3.63, 3.8) is 0 Å². The maximum Gasteiger partial charge on any atom is 0.141 e. The maximum atomic E-state index is 14.3. The Morgan fingerprint density at radius 2 is 1.87 bits per heavy atom. The van der Waals surface area contributed by atoms with Crippen LogP contribution in [-0.2, 0) is 4.74 Å². The van der Waals surface area contributed by atoms with Crippen LogP contribution in [0.5, 0.6) is 5.75 Å². The Kier molecular flexibility index (Phi) is 7.20. The number of hydrogen-bond acceptors (Lipinski definition) is 7. The van der Waals surface area contributed by atoms with Crippen LogP contribution < -0.4 is 10.6 Å². The van der Waals surface area contributed by atoms with E-state index in [0.717, 1.165) is 6.07 Å². The van der Waals surface area contributed by atoms with E-state index in [-0.39, 0.29) is 36.7 Å². The maximum absolute atomic E-state index is 14.3. The van der Waals surface area contributed by atoms with Crippen molar-refractivity contribution in [2.75, 3.05) is 31.2 Å². The first kappa shape index (κ1) is 25.5. The molecule has 4 aromatic rings. The molecule has 4 N–H and O–H groups in total. The Hall–Kier alpha value is -4.10. The minimum atomic E-state index is -0.706. The predicted molar refractivity (Wildman–Crippen MR) is 141 cm³/mol. The SMILES string of the molecule is N#Cc1cccc(-c2ccc3ncc(-c4cc(F)cc(F)c4)c(N4CC[C@@H](N)[C@H](OCCO)C4)c3c2)c1O. The lowest BCUT2D eigenvalue weighted by molar-refractivity contribution is 0.0108. The van der Waals surface area contributed by atoms with Gasteiger partial charge in [-0.15, -0.1) is 0 Å². The lowest BCUT2D eigenvalue weighted by atomic mass is 9.94. The zero-order valence-electron chi connectivity index (χ0n) is 20.4. The van der Waals surface area contributed by atoms with Crippen LogP contribution >= 0.6 is 0 Å². The number of aromatic hydroxyl groups is 1. The summed E-state index contributed by atoms with van der Waals surface area (Å²) >= 11 is 0. The molecule has 0 unspecified atom stereocenters. The number of phenols is 1. The van der Waals surface area contributed by atoms with Crippen LogP contribution in [0, 0.1) is 23.0 Å². The van der Waals surface area contributed by atoms with Gasteiger partial charge in [-0.3, -0.25) is 4.98 Å². The molecule has 0 radical (unpaired) electrons. The molecule has 3 aromatic carbocycles. The molecule has 0 amide bonds. The summed E-state index contributed by atoms with van der Waals surface area (Å²) in [5, 5.41) is 30.0. The number of pyridine rings is 1. The molecule has 194 valence electrons. The van der Waals surface area contributed by atoms with Gasteiger partial charge in [0.2, 0.25) is 0 Å². The van der Waals surface area contributed by atoms with E-state index in [1.54, 1.807) is 30.5 Å². The molecule has 0 saturated carbocycles. The number of halogens is 2. The number of para-hydroxylation sites is 1. The number of nitriles is 1. The number of aromatic nitrogens is 1. The number of anilines is 1. The van der Waals surface area contributed by atoms with Crippen molar-refractivity contribution in [1.29, 1.82) is 5.26 Å². The van der Waals surface area contributed by atoms with Crippen LogP contribution in [0.15, 0.2) is 60.8 Å². The first-order chi connectivity index (χ1) is 18.4. The van der Waals surface area contributed by atoms with Crippen LogP contribution in [0.4, 0.5) is 14.5 Å². The Morgan fingerprint density at radius 3 is 2.61 bits per heavy atom. The Labute approximate surface area is 218 Å². The van der Waals surface area contributed by atoms with E-state index in [9.17, 15) is 24.3 Å². The van der Waals surface area contributed by atoms with Crippen LogP contribution in [0.3, 0.4) is 0 Å². The molecule has 2 heterocycles. The van der Waals surface area contributed by atoms with Crippen LogP contribution in [0.1, 0.15) is 12.0 Å². The van der Waals surface area contributed by atoms with Crippen molar-refractivity contribution in [3.05, 3.63) is 78.0 Å². The summed E-state index contributed by atoms with van der Waals surface area (Å²) in [6.45, 7) is 0.960. The van der Waals surface area contributed by atoms with Crippen LogP contribution in [0.25, 0.3) is 33.2 Å². The molecule has 38 heavy (non-hydrogen) atoms. The van der Waals surface area contributed by atoms with Gasteiger partial charge in [0.25, 0.3) is 0 Å². The van der Waals surface area contributed by atoms with E-state index in [4.69, 9.17) is 10.5 Å². The minimum Gasteiger partial charge on any atom is -0.506 e. The first-order valence-electron chi connectivity index (χ1n) is 12.2. The molecular weight excluding hydrogens is 490 g/mol. The zero-order valence-corrected chi connectivity index (χ0v) is 20.4. The molecule has 7 nitrogen and oxygen atoms in total. The molecule has 9 heteroatoms. The molecule has 0 spiro atoms. The fourth-order valence-electron chi connectivity index (χ4n) is 4.99. The van der Waals surface area contributed by atoms with E-state index in [2.05, 4.69) is 9.88 Å². The quantitative estimate of drug-likeness (QED) is 0.349. The van der Waals surface area contributed by atoms with E-state index in [1.165, 1.54) is 18.2 Å². The van der Waals surface area contributed by atoms with E-state index in [1.807, 2.05) is 12.1 Å². The number of aliphatic hydroxyl groups excluding tert-OH is 1. The predicted octanol–water partition coefficient (Wildman–Crippen LogP) is 4.34. The fraction of sp³-hybridized carbons (Fsp3) is 0.241. The van der Waals surface area contributed by atoms with Crippen molar-refractivity contribution in [2.45, 2.75) is 18.6 Å². The molecule has 1 aliphatic heterocycles. The number of rotatable bonds is 6. The molecule has 0 bridgehead atoms. The van der Waals surface area contributed by atoms with Gasteiger partial charge >= 0.3 is 0 Å². The number of benzene rings is 3. The molecule has 0 aliphatic carbocycles. The van der Waals surface area contributed by atoms with Crippen LogP contribution in [0.2, 0.25) is 0 Å². The molecule has 1 fully saturated rings. The number of ether oxygens (including phenoxy) is 1. The highest BCUT2D eigenvalue weighted by Crippen LogP contribution is 2.41. The lowest BCUT2D eigenvalue weighted by Gasteiger charge is -2.39. The third-order valence-electron chi connectivity index (χ3n) is 6.83. The topological polar surface area (TPSA) is 116 Å². The Balaban J connectivity index is 1.72. The summed E-state index contributed by atoms with van der Waals surface area (Å²) in [6, 6.07) is 15.5. The van der Waals surface area contributed by atoms with Gasteiger partial charge in [-0.25, -0.2) is 8.78 Å². The van der Waals surface area contributed by atoms with Gasteiger partial charge in [0, 0.05) is 47.9 Å². The number of phenolic OH excluding ortho intramolecular Hbond substituents is 1. The Bertz CT molecular complexity index is 1520. The largest absolute Gasteiger partial charge is 0.506 e. The van der Waals surface area contributed by atoms with Crippen molar-refractivity contribution >= 4 is 16.6 Å². The number of nitrogens with zero attached hydrogens (tertiary/aromatic N) is 3. The highest BCUT2D eigenvalue weighted by atomic mass is 19.1. The third-order valence-corrected chi connectivity index (χ3v) is 6.83. The molecular formula is C29H26F2N4O3. The summed E-state index contributed by atoms with van der Waals surface area (Å²) < 4.78 is 34.3. The Morgan fingerprint density at radius 1 is 1.08 bits per heavy atom. The summed E-state index contributed by atoms with van der Waals surface area (Å²) in [4.78, 5) is 6.63. The number of piperidine rings is 1. The van der Waals surface area contributed by atoms with E-state index >= 15 is 0 Å². The van der Waals surface area contributed by atoms with Gasteiger partial charge in [-0.2, -0.15) is 5.26 Å². The van der Waals surface area contributed by atoms with Gasteiger partial charge < -0.3 is 25.6 Å². The second kappa shape index (κ2) is 10.7. The standard InChI is InChI=1S/C29H26F2N4O3/c30-20-10-19(11-21(31)13-20)24-15-34-26-5-4-17(22-3-1-2-18(14-32)29(22)37)12-23(26)28(24)35-7-6-25(33)27(16-35)38-9-8-36/h1-5,10-13,15,25,27,36-37H,6-9,16,33H2/t25-,27-/m1/s1. The van der Waals surface area contributed by atoms with E-state index in [0.29, 0.717) is 58.4 Å². The van der Waals surface area contributed by atoms with Crippen molar-refractivity contribution in [3.8, 4) is 34.1 Å². The summed E-state index contributed by atoms with van der Waals surface area (Å²) in [5.74, 6) is -1.54. The summed E-state index contributed by atoms with van der Waals surface area (Å²) in [5.41, 5.74) is 9.78. The van der Waals surface area contributed by atoms with Gasteiger partial charge in [-0.05, 0) is 47.9 Å². The molecule has 2 atom stereocenters. The average molecular weight is 517 g/mol. The van der Waals surface area contributed by atoms with Gasteiger partial charge in [0.15, 0.2) is 0 Å². The van der Waals surface area contributed by atoms with Gasteiger partial charge in [-0.1, -0.05) is 18.2 Å². The summed E-state index contributed by atoms with van der Waals surface area (Å²) in [6.07, 6.45) is 1.83. The molecule has 1 aliphatic rings. The number of hydrogen-bond donors (Lipinski definition) is 3. The second-order valence-electron chi connectivity index (χ2n) is 9.26. The molecule has 5 rings (SSSR count). The fourth-order valence-corrected chi connectivity index (χ4v) is 4.99. The monoisotopic (exact) mass is 516 g/mol. The number of fused-ring (bicyclic) bond motifs is 1. The van der Waals surface area contributed by atoms with Crippen molar-refractivity contribution in [2.24, 2.45) is 5.73 Å². The zero-order chi connectivity index (χ0) is 26.8. The van der Waals surface area contributed by atoms with Gasteiger partial charge in [0.05, 0.1) is 36.1 Å². The van der Waals surface area contributed by atoms with Crippen molar-refractivity contribution < 1.29 is 23.7 Å². The highest BCUT2D eigenvalue weighted by Gasteiger charge is 2.30. The third kappa shape index (κ3) is 4.89. The molecule has 1 aromatic heterocycles. The van der Waals surface area contributed by atoms with Crippen molar-refractivity contribution in [1.82, 2.24) is 4.98 Å². The average Bonchev–Trinajstić information content (AvgIpc) is 2.91. The van der Waals surface area contributed by atoms with E-state index < -0.39 is 11.6 Å². The smallest absolute Gasteiger partial charge is 0.141 e. The van der Waals surface area contributed by atoms with Crippen LogP contribution in [-0.4, -0.2) is 53.6 Å². The minimum absolute atomic E-state index is 0.131. The number of aliphatic hydroxyl groups is 1. The normalized spacial score (nSPS) is 17.5. The second-order valence-corrected chi connectivity index (χ2v) is 9.26. The highest BCUT2D eigenvalue weighted by molar-refractivity contribution is 6.02. The van der Waals surface area contributed by atoms with Gasteiger partial charge in [0.1, 0.15) is 23.5 Å². The number of nitrogens with two attached hydrogens (primary N) is 1. The molecule has 1 saturated heterocycles. The lowest BCUT2D eigenvalue weighted by Crippen LogP contribution is -2.52. The summed E-state index contributed by atoms with van der Waals surface area (Å²) in [7, 11) is 0. The first-order valence-corrected chi connectivity index (χ1v) is 12.2.